The Morgan fingerprint density at radius 2 is 1.86 bits per heavy atom. The molecule has 0 bridgehead atoms. The molecule has 0 aliphatic carbocycles. The van der Waals surface area contributed by atoms with Crippen LogP contribution in [0, 0.1) is 0 Å². The summed E-state index contributed by atoms with van der Waals surface area (Å²) in [7, 11) is 0. The van der Waals surface area contributed by atoms with Gasteiger partial charge in [0.05, 0.1) is 15.6 Å². The first kappa shape index (κ1) is 19.3. The molecule has 2 aromatic carbocycles. The van der Waals surface area contributed by atoms with Crippen molar-refractivity contribution in [2.75, 3.05) is 0 Å². The van der Waals surface area contributed by atoms with E-state index in [9.17, 15) is 4.79 Å². The van der Waals surface area contributed by atoms with Crippen molar-refractivity contribution in [1.29, 1.82) is 0 Å². The first-order valence-electron chi connectivity index (χ1n) is 8.08. The van der Waals surface area contributed by atoms with Crippen molar-refractivity contribution in [2.45, 2.75) is 0 Å². The summed E-state index contributed by atoms with van der Waals surface area (Å²) in [5.74, 6) is 1.07. The fraction of sp³-hybridized carbons (Fsp3) is 0. The van der Waals surface area contributed by atoms with Gasteiger partial charge in [-0.1, -0.05) is 51.3 Å². The monoisotopic (exact) mass is 492 g/mol. The number of furan rings is 1. The summed E-state index contributed by atoms with van der Waals surface area (Å²) in [5.41, 5.74) is 1.49. The number of hydrogen-bond donors (Lipinski definition) is 1. The number of amidine groups is 1. The molecule has 1 N–H and O–H groups in total. The van der Waals surface area contributed by atoms with E-state index in [0.29, 0.717) is 31.6 Å². The van der Waals surface area contributed by atoms with Crippen LogP contribution in [-0.4, -0.2) is 11.1 Å². The molecule has 3 aromatic rings. The molecule has 0 unspecified atom stereocenters. The molecule has 28 heavy (non-hydrogen) atoms. The van der Waals surface area contributed by atoms with Gasteiger partial charge in [-0.3, -0.25) is 4.79 Å². The molecule has 0 radical (unpaired) electrons. The number of halogens is 3. The maximum Gasteiger partial charge on any atom is 0.264 e. The molecule has 8 heteroatoms. The van der Waals surface area contributed by atoms with E-state index in [1.165, 1.54) is 11.8 Å². The first-order valence-corrected chi connectivity index (χ1v) is 10.4. The molecule has 1 aliphatic rings. The highest BCUT2D eigenvalue weighted by molar-refractivity contribution is 9.10. The fourth-order valence-corrected chi connectivity index (χ4v) is 4.02. The van der Waals surface area contributed by atoms with E-state index in [-0.39, 0.29) is 5.91 Å². The molecule has 1 aromatic heterocycles. The van der Waals surface area contributed by atoms with Crippen molar-refractivity contribution in [2.24, 2.45) is 4.99 Å². The molecule has 2 heterocycles. The first-order chi connectivity index (χ1) is 13.5. The molecular formula is C20H11BrCl2N2O2S. The van der Waals surface area contributed by atoms with Crippen molar-refractivity contribution < 1.29 is 9.21 Å². The second-order valence-electron chi connectivity index (χ2n) is 5.79. The van der Waals surface area contributed by atoms with Gasteiger partial charge in [0.2, 0.25) is 0 Å². The van der Waals surface area contributed by atoms with Crippen LogP contribution in [0.3, 0.4) is 0 Å². The van der Waals surface area contributed by atoms with Gasteiger partial charge in [-0.05, 0) is 54.2 Å². The number of benzene rings is 2. The van der Waals surface area contributed by atoms with E-state index in [0.717, 1.165) is 15.8 Å². The van der Waals surface area contributed by atoms with Crippen LogP contribution in [0.4, 0.5) is 5.69 Å². The third-order valence-corrected chi connectivity index (χ3v) is 5.79. The van der Waals surface area contributed by atoms with Gasteiger partial charge in [0, 0.05) is 21.1 Å². The van der Waals surface area contributed by atoms with Crippen LogP contribution in [-0.2, 0) is 4.79 Å². The third-order valence-electron chi connectivity index (χ3n) is 3.81. The van der Waals surface area contributed by atoms with Gasteiger partial charge in [0.25, 0.3) is 5.91 Å². The number of carbonyl (C=O) groups is 1. The molecule has 1 fully saturated rings. The number of amides is 1. The topological polar surface area (TPSA) is 54.6 Å². The Morgan fingerprint density at radius 3 is 2.61 bits per heavy atom. The molecule has 0 spiro atoms. The van der Waals surface area contributed by atoms with Crippen molar-refractivity contribution in [3.8, 4) is 11.3 Å². The number of hydrogen-bond acceptors (Lipinski definition) is 4. The van der Waals surface area contributed by atoms with Gasteiger partial charge in [0.1, 0.15) is 11.5 Å². The van der Waals surface area contributed by atoms with E-state index in [1.807, 2.05) is 36.4 Å². The maximum atomic E-state index is 12.3. The SMILES string of the molecule is O=C1NC(=Nc2ccc(Cl)cc2Cl)SC1=Cc1ccc(-c2ccc(Br)cc2)o1. The Balaban J connectivity index is 1.55. The number of nitrogens with one attached hydrogen (secondary N) is 1. The standard InChI is InChI=1S/C20H11BrCl2N2O2S/c21-12-3-1-11(2-4-12)17-8-6-14(27-17)10-18-19(26)25-20(28-18)24-16-7-5-13(22)9-15(16)23/h1-10H,(H,24,25,26). The predicted molar refractivity (Wildman–Crippen MR) is 119 cm³/mol. The lowest BCUT2D eigenvalue weighted by molar-refractivity contribution is -0.115. The summed E-state index contributed by atoms with van der Waals surface area (Å²) >= 11 is 16.7. The van der Waals surface area contributed by atoms with Crippen LogP contribution in [0.1, 0.15) is 5.76 Å². The second kappa shape index (κ2) is 8.17. The van der Waals surface area contributed by atoms with Crippen LogP contribution in [0.15, 0.2) is 73.4 Å². The zero-order chi connectivity index (χ0) is 19.7. The van der Waals surface area contributed by atoms with E-state index in [2.05, 4.69) is 26.2 Å². The molecule has 4 nitrogen and oxygen atoms in total. The summed E-state index contributed by atoms with van der Waals surface area (Å²) < 4.78 is 6.84. The number of rotatable bonds is 3. The number of nitrogens with zero attached hydrogens (tertiary/aromatic N) is 1. The van der Waals surface area contributed by atoms with Crippen LogP contribution in [0.25, 0.3) is 17.4 Å². The van der Waals surface area contributed by atoms with Gasteiger partial charge in [-0.15, -0.1) is 0 Å². The Hall–Kier alpha value is -1.99. The maximum absolute atomic E-state index is 12.3. The normalized spacial score (nSPS) is 16.8. The summed E-state index contributed by atoms with van der Waals surface area (Å²) in [6, 6.07) is 16.5. The predicted octanol–water partition coefficient (Wildman–Crippen LogP) is 6.91. The second-order valence-corrected chi connectivity index (χ2v) is 8.58. The van der Waals surface area contributed by atoms with Crippen molar-refractivity contribution in [3.63, 3.8) is 0 Å². The van der Waals surface area contributed by atoms with Crippen molar-refractivity contribution in [1.82, 2.24) is 5.32 Å². The van der Waals surface area contributed by atoms with Crippen molar-refractivity contribution in [3.05, 3.63) is 79.8 Å². The van der Waals surface area contributed by atoms with Crippen LogP contribution in [0.5, 0.6) is 0 Å². The minimum atomic E-state index is -0.240. The number of thioether (sulfide) groups is 1. The summed E-state index contributed by atoms with van der Waals surface area (Å²) in [6.45, 7) is 0. The lowest BCUT2D eigenvalue weighted by atomic mass is 10.2. The van der Waals surface area contributed by atoms with Gasteiger partial charge >= 0.3 is 0 Å². The van der Waals surface area contributed by atoms with E-state index < -0.39 is 0 Å². The van der Waals surface area contributed by atoms with E-state index >= 15 is 0 Å². The fourth-order valence-electron chi connectivity index (χ4n) is 2.49. The zero-order valence-corrected chi connectivity index (χ0v) is 18.0. The molecule has 1 aliphatic heterocycles. The Kier molecular flexibility index (Phi) is 5.64. The molecule has 4 rings (SSSR count). The molecule has 1 amide bonds. The Morgan fingerprint density at radius 1 is 1.07 bits per heavy atom. The smallest absolute Gasteiger partial charge is 0.264 e. The highest BCUT2D eigenvalue weighted by Gasteiger charge is 2.24. The van der Waals surface area contributed by atoms with Gasteiger partial charge < -0.3 is 9.73 Å². The molecular weight excluding hydrogens is 483 g/mol. The Bertz CT molecular complexity index is 1120. The van der Waals surface area contributed by atoms with Gasteiger partial charge in [-0.25, -0.2) is 4.99 Å². The van der Waals surface area contributed by atoms with Crippen LogP contribution < -0.4 is 5.32 Å². The quantitative estimate of drug-likeness (QED) is 0.403. The molecule has 1 saturated heterocycles. The van der Waals surface area contributed by atoms with Gasteiger partial charge in [-0.2, -0.15) is 0 Å². The van der Waals surface area contributed by atoms with Gasteiger partial charge in [0.15, 0.2) is 5.17 Å². The van der Waals surface area contributed by atoms with E-state index in [1.54, 1.807) is 24.3 Å². The molecule has 0 saturated carbocycles. The highest BCUT2D eigenvalue weighted by Crippen LogP contribution is 2.33. The molecule has 140 valence electrons. The number of carbonyl (C=O) groups excluding carboxylic acids is 1. The van der Waals surface area contributed by atoms with Crippen molar-refractivity contribution >= 4 is 73.7 Å². The van der Waals surface area contributed by atoms with Crippen LogP contribution in [0.2, 0.25) is 10.0 Å². The van der Waals surface area contributed by atoms with Crippen LogP contribution >= 0.6 is 50.9 Å². The average Bonchev–Trinajstić information content (AvgIpc) is 3.25. The minimum absolute atomic E-state index is 0.240. The summed E-state index contributed by atoms with van der Waals surface area (Å²) in [4.78, 5) is 17.1. The third kappa shape index (κ3) is 4.36. The lowest BCUT2D eigenvalue weighted by Crippen LogP contribution is -2.19. The summed E-state index contributed by atoms with van der Waals surface area (Å²) in [5, 5.41) is 4.11. The average molecular weight is 494 g/mol. The number of aliphatic imine (C=N–C) groups is 1. The molecule has 0 atom stereocenters. The van der Waals surface area contributed by atoms with E-state index in [4.69, 9.17) is 27.6 Å². The zero-order valence-electron chi connectivity index (χ0n) is 14.1. The lowest BCUT2D eigenvalue weighted by Gasteiger charge is -1.99. The minimum Gasteiger partial charge on any atom is -0.457 e. The highest BCUT2D eigenvalue weighted by atomic mass is 79.9. The summed E-state index contributed by atoms with van der Waals surface area (Å²) in [6.07, 6.45) is 1.69. The largest absolute Gasteiger partial charge is 0.457 e. The Labute approximate surface area is 183 Å².